The standard InChI is InChI=1S/C18H21NO4/c1-4-22-16-9-6-10-19(17(16)20)12-14-7-5-8-15(11-14)18(21)23-13(2)3/h5-11,13H,4,12H2,1-3H3. The van der Waals surface area contributed by atoms with Gasteiger partial charge in [-0.2, -0.15) is 0 Å². The van der Waals surface area contributed by atoms with Gasteiger partial charge in [-0.3, -0.25) is 4.79 Å². The highest BCUT2D eigenvalue weighted by atomic mass is 16.5. The number of nitrogens with zero attached hydrogens (tertiary/aromatic N) is 1. The van der Waals surface area contributed by atoms with E-state index in [1.807, 2.05) is 13.0 Å². The van der Waals surface area contributed by atoms with Gasteiger partial charge in [0.25, 0.3) is 5.56 Å². The Hall–Kier alpha value is -2.56. The molecule has 0 spiro atoms. The topological polar surface area (TPSA) is 57.5 Å². The molecule has 1 aromatic carbocycles. The zero-order valence-electron chi connectivity index (χ0n) is 13.6. The van der Waals surface area contributed by atoms with Crippen LogP contribution in [0.1, 0.15) is 36.7 Å². The molecule has 122 valence electrons. The Morgan fingerprint density at radius 3 is 2.70 bits per heavy atom. The van der Waals surface area contributed by atoms with Gasteiger partial charge in [-0.1, -0.05) is 12.1 Å². The van der Waals surface area contributed by atoms with Crippen LogP contribution in [0.4, 0.5) is 0 Å². The van der Waals surface area contributed by atoms with Gasteiger partial charge in [-0.05, 0) is 50.6 Å². The van der Waals surface area contributed by atoms with E-state index in [0.717, 1.165) is 5.56 Å². The summed E-state index contributed by atoms with van der Waals surface area (Å²) < 4.78 is 12.1. The molecule has 0 aliphatic heterocycles. The molecule has 0 N–H and O–H groups in total. The summed E-state index contributed by atoms with van der Waals surface area (Å²) >= 11 is 0. The van der Waals surface area contributed by atoms with Crippen LogP contribution < -0.4 is 10.3 Å². The van der Waals surface area contributed by atoms with Crippen molar-refractivity contribution in [3.63, 3.8) is 0 Å². The predicted molar refractivity (Wildman–Crippen MR) is 88.0 cm³/mol. The van der Waals surface area contributed by atoms with Crippen molar-refractivity contribution < 1.29 is 14.3 Å². The Kier molecular flexibility index (Phi) is 5.57. The SMILES string of the molecule is CCOc1cccn(Cc2cccc(C(=O)OC(C)C)c2)c1=O. The molecule has 1 aromatic heterocycles. The van der Waals surface area contributed by atoms with E-state index in [1.165, 1.54) is 0 Å². The average Bonchev–Trinajstić information content (AvgIpc) is 2.51. The molecule has 0 unspecified atom stereocenters. The second-order valence-corrected chi connectivity index (χ2v) is 5.39. The fourth-order valence-corrected chi connectivity index (χ4v) is 2.18. The van der Waals surface area contributed by atoms with Gasteiger partial charge in [0.2, 0.25) is 0 Å². The first kappa shape index (κ1) is 16.8. The summed E-state index contributed by atoms with van der Waals surface area (Å²) in [6.07, 6.45) is 1.53. The number of pyridine rings is 1. The molecule has 1 heterocycles. The molecule has 23 heavy (non-hydrogen) atoms. The van der Waals surface area contributed by atoms with E-state index in [-0.39, 0.29) is 17.6 Å². The maximum Gasteiger partial charge on any atom is 0.338 e. The van der Waals surface area contributed by atoms with Crippen LogP contribution in [0.25, 0.3) is 0 Å². The molecule has 2 rings (SSSR count). The molecule has 0 fully saturated rings. The molecule has 2 aromatic rings. The lowest BCUT2D eigenvalue weighted by Crippen LogP contribution is -2.22. The van der Waals surface area contributed by atoms with Gasteiger partial charge in [-0.15, -0.1) is 0 Å². The van der Waals surface area contributed by atoms with E-state index >= 15 is 0 Å². The third-order valence-corrected chi connectivity index (χ3v) is 3.14. The highest BCUT2D eigenvalue weighted by Gasteiger charge is 2.10. The van der Waals surface area contributed by atoms with Gasteiger partial charge in [-0.25, -0.2) is 4.79 Å². The molecule has 0 radical (unpaired) electrons. The van der Waals surface area contributed by atoms with Crippen LogP contribution in [0.15, 0.2) is 47.4 Å². The fraction of sp³-hybridized carbons (Fsp3) is 0.333. The number of carbonyl (C=O) groups is 1. The highest BCUT2D eigenvalue weighted by Crippen LogP contribution is 2.10. The maximum atomic E-state index is 12.3. The van der Waals surface area contributed by atoms with Crippen LogP contribution in [0, 0.1) is 0 Å². The zero-order chi connectivity index (χ0) is 16.8. The molecule has 0 atom stereocenters. The summed E-state index contributed by atoms with van der Waals surface area (Å²) in [5, 5.41) is 0. The molecule has 0 aliphatic rings. The number of benzene rings is 1. The number of hydrogen-bond acceptors (Lipinski definition) is 4. The van der Waals surface area contributed by atoms with E-state index in [4.69, 9.17) is 9.47 Å². The van der Waals surface area contributed by atoms with Crippen molar-refractivity contribution in [2.75, 3.05) is 6.61 Å². The highest BCUT2D eigenvalue weighted by molar-refractivity contribution is 5.89. The number of aromatic nitrogens is 1. The lowest BCUT2D eigenvalue weighted by molar-refractivity contribution is 0.0378. The van der Waals surface area contributed by atoms with Crippen molar-refractivity contribution in [2.45, 2.75) is 33.4 Å². The van der Waals surface area contributed by atoms with Crippen molar-refractivity contribution in [3.05, 3.63) is 64.1 Å². The zero-order valence-corrected chi connectivity index (χ0v) is 13.6. The van der Waals surface area contributed by atoms with Gasteiger partial charge >= 0.3 is 5.97 Å². The Labute approximate surface area is 135 Å². The van der Waals surface area contributed by atoms with E-state index in [1.54, 1.807) is 54.9 Å². The van der Waals surface area contributed by atoms with Crippen molar-refractivity contribution in [1.82, 2.24) is 4.57 Å². The van der Waals surface area contributed by atoms with Crippen molar-refractivity contribution >= 4 is 5.97 Å². The number of carbonyl (C=O) groups excluding carboxylic acids is 1. The van der Waals surface area contributed by atoms with Crippen LogP contribution in [0.2, 0.25) is 0 Å². The number of ether oxygens (including phenoxy) is 2. The Morgan fingerprint density at radius 1 is 1.22 bits per heavy atom. The lowest BCUT2D eigenvalue weighted by Gasteiger charge is -2.11. The largest absolute Gasteiger partial charge is 0.488 e. The van der Waals surface area contributed by atoms with Gasteiger partial charge in [0.05, 0.1) is 24.8 Å². The van der Waals surface area contributed by atoms with E-state index in [0.29, 0.717) is 24.5 Å². The predicted octanol–water partition coefficient (Wildman–Crippen LogP) is 2.86. The van der Waals surface area contributed by atoms with Crippen molar-refractivity contribution in [3.8, 4) is 5.75 Å². The lowest BCUT2D eigenvalue weighted by atomic mass is 10.1. The summed E-state index contributed by atoms with van der Waals surface area (Å²) in [5.74, 6) is -0.0392. The van der Waals surface area contributed by atoms with Gasteiger partial charge < -0.3 is 14.0 Å². The van der Waals surface area contributed by atoms with Crippen LogP contribution >= 0.6 is 0 Å². The third kappa shape index (κ3) is 4.45. The summed E-state index contributed by atoms with van der Waals surface area (Å²) in [6, 6.07) is 10.5. The molecule has 0 saturated carbocycles. The molecule has 0 saturated heterocycles. The summed E-state index contributed by atoms with van der Waals surface area (Å²) in [4.78, 5) is 24.2. The normalized spacial score (nSPS) is 10.6. The van der Waals surface area contributed by atoms with Crippen molar-refractivity contribution in [1.29, 1.82) is 0 Å². The number of esters is 1. The minimum absolute atomic E-state index is 0.170. The average molecular weight is 315 g/mol. The monoisotopic (exact) mass is 315 g/mol. The molecule has 5 heteroatoms. The van der Waals surface area contributed by atoms with Crippen LogP contribution in [0.5, 0.6) is 5.75 Å². The molecule has 0 bridgehead atoms. The first-order valence-electron chi connectivity index (χ1n) is 7.63. The second kappa shape index (κ2) is 7.63. The van der Waals surface area contributed by atoms with Crippen molar-refractivity contribution in [2.24, 2.45) is 0 Å². The first-order valence-corrected chi connectivity index (χ1v) is 7.63. The van der Waals surface area contributed by atoms with Gasteiger partial charge in [0, 0.05) is 6.20 Å². The Bertz CT molecular complexity index is 734. The van der Waals surface area contributed by atoms with E-state index in [9.17, 15) is 9.59 Å². The fourth-order valence-electron chi connectivity index (χ4n) is 2.18. The van der Waals surface area contributed by atoms with E-state index < -0.39 is 0 Å². The quantitative estimate of drug-likeness (QED) is 0.769. The van der Waals surface area contributed by atoms with Crippen LogP contribution in [-0.2, 0) is 11.3 Å². The summed E-state index contributed by atoms with van der Waals surface area (Å²) in [6.45, 7) is 6.25. The molecular weight excluding hydrogens is 294 g/mol. The third-order valence-electron chi connectivity index (χ3n) is 3.14. The maximum absolute atomic E-state index is 12.3. The molecule has 0 amide bonds. The molecule has 0 aliphatic carbocycles. The van der Waals surface area contributed by atoms with Crippen LogP contribution in [0.3, 0.4) is 0 Å². The number of hydrogen-bond donors (Lipinski definition) is 0. The Balaban J connectivity index is 2.23. The molecule has 5 nitrogen and oxygen atoms in total. The Morgan fingerprint density at radius 2 is 2.00 bits per heavy atom. The smallest absolute Gasteiger partial charge is 0.338 e. The minimum Gasteiger partial charge on any atom is -0.488 e. The van der Waals surface area contributed by atoms with Gasteiger partial charge in [0.15, 0.2) is 5.75 Å². The second-order valence-electron chi connectivity index (χ2n) is 5.39. The summed E-state index contributed by atoms with van der Waals surface area (Å²) in [5.41, 5.74) is 1.13. The molecular formula is C18H21NO4. The first-order chi connectivity index (χ1) is 11.0. The van der Waals surface area contributed by atoms with E-state index in [2.05, 4.69) is 0 Å². The summed E-state index contributed by atoms with van der Waals surface area (Å²) in [7, 11) is 0. The minimum atomic E-state index is -0.364. The number of rotatable bonds is 6. The van der Waals surface area contributed by atoms with Gasteiger partial charge in [0.1, 0.15) is 0 Å². The van der Waals surface area contributed by atoms with Crippen LogP contribution in [-0.4, -0.2) is 23.2 Å².